The molecule has 7 nitrogen and oxygen atoms in total. The number of carbonyl (C=O) groups is 2. The molecule has 0 spiro atoms. The van der Waals surface area contributed by atoms with Crippen molar-refractivity contribution in [1.82, 2.24) is 5.32 Å². The molecule has 2 atom stereocenters. The van der Waals surface area contributed by atoms with Crippen LogP contribution < -0.4 is 10.1 Å². The number of ether oxygens (including phenoxy) is 1. The highest BCUT2D eigenvalue weighted by Crippen LogP contribution is 2.18. The van der Waals surface area contributed by atoms with Gasteiger partial charge < -0.3 is 20.3 Å². The van der Waals surface area contributed by atoms with E-state index in [2.05, 4.69) is 5.32 Å². The number of carbonyl (C=O) groups excluding carboxylic acids is 1. The van der Waals surface area contributed by atoms with Crippen LogP contribution in [-0.2, 0) is 9.59 Å². The van der Waals surface area contributed by atoms with Crippen LogP contribution in [0.4, 0.5) is 0 Å². The average Bonchev–Trinajstić information content (AvgIpc) is 2.45. The van der Waals surface area contributed by atoms with Crippen molar-refractivity contribution in [1.29, 1.82) is 5.26 Å². The Morgan fingerprint density at radius 1 is 1.48 bits per heavy atom. The van der Waals surface area contributed by atoms with Crippen molar-refractivity contribution in [3.8, 4) is 11.8 Å². The van der Waals surface area contributed by atoms with Gasteiger partial charge in [0.1, 0.15) is 11.8 Å². The summed E-state index contributed by atoms with van der Waals surface area (Å²) in [5.41, 5.74) is -1.77. The first-order valence-electron chi connectivity index (χ1n) is 6.17. The Kier molecular flexibility index (Phi) is 5.27. The fraction of sp³-hybridized carbons (Fsp3) is 0.357. The molecular weight excluding hydrogens is 276 g/mol. The van der Waals surface area contributed by atoms with Crippen LogP contribution in [-0.4, -0.2) is 40.3 Å². The Labute approximate surface area is 121 Å². The maximum Gasteiger partial charge on any atom is 0.337 e. The molecule has 0 fully saturated rings. The van der Waals surface area contributed by atoms with Crippen LogP contribution in [0.25, 0.3) is 0 Å². The van der Waals surface area contributed by atoms with Crippen LogP contribution in [0.1, 0.15) is 19.4 Å². The summed E-state index contributed by atoms with van der Waals surface area (Å²) in [6, 6.07) is 8.37. The second-order valence-corrected chi connectivity index (χ2v) is 4.66. The maximum atomic E-state index is 11.8. The van der Waals surface area contributed by atoms with Gasteiger partial charge in [0.25, 0.3) is 5.91 Å². The lowest BCUT2D eigenvalue weighted by Crippen LogP contribution is -2.49. The van der Waals surface area contributed by atoms with Crippen LogP contribution in [0.3, 0.4) is 0 Å². The summed E-state index contributed by atoms with van der Waals surface area (Å²) < 4.78 is 5.36. The molecular formula is C14H16N2O5. The molecule has 3 N–H and O–H groups in total. The van der Waals surface area contributed by atoms with Crippen molar-refractivity contribution in [2.45, 2.75) is 25.6 Å². The van der Waals surface area contributed by atoms with E-state index in [1.54, 1.807) is 24.3 Å². The highest BCUT2D eigenvalue weighted by molar-refractivity contribution is 5.82. The number of amides is 1. The fourth-order valence-corrected chi connectivity index (χ4v) is 1.38. The van der Waals surface area contributed by atoms with Gasteiger partial charge in [0.15, 0.2) is 11.7 Å². The zero-order valence-corrected chi connectivity index (χ0v) is 11.7. The Morgan fingerprint density at radius 3 is 2.67 bits per heavy atom. The summed E-state index contributed by atoms with van der Waals surface area (Å²) >= 11 is 0. The molecule has 1 aromatic rings. The summed E-state index contributed by atoms with van der Waals surface area (Å²) in [5, 5.41) is 29.4. The van der Waals surface area contributed by atoms with Crippen LogP contribution >= 0.6 is 0 Å². The quantitative estimate of drug-likeness (QED) is 0.692. The van der Waals surface area contributed by atoms with E-state index in [1.165, 1.54) is 6.92 Å². The van der Waals surface area contributed by atoms with Gasteiger partial charge in [-0.1, -0.05) is 12.1 Å². The van der Waals surface area contributed by atoms with Crippen LogP contribution in [0.5, 0.6) is 5.75 Å². The lowest BCUT2D eigenvalue weighted by molar-refractivity contribution is -0.156. The Balaban J connectivity index is 2.64. The minimum Gasteiger partial charge on any atom is -0.480 e. The van der Waals surface area contributed by atoms with E-state index < -0.39 is 30.1 Å². The minimum absolute atomic E-state index is 0.257. The van der Waals surface area contributed by atoms with Gasteiger partial charge in [-0.25, -0.2) is 4.79 Å². The van der Waals surface area contributed by atoms with Crippen molar-refractivity contribution >= 4 is 11.9 Å². The number of hydrogen-bond donors (Lipinski definition) is 3. The Hall–Kier alpha value is -2.59. The van der Waals surface area contributed by atoms with Crippen LogP contribution in [0.2, 0.25) is 0 Å². The molecule has 1 rings (SSSR count). The molecule has 7 heteroatoms. The number of rotatable bonds is 6. The van der Waals surface area contributed by atoms with Gasteiger partial charge >= 0.3 is 5.97 Å². The van der Waals surface area contributed by atoms with Gasteiger partial charge in [0, 0.05) is 0 Å². The molecule has 0 heterocycles. The van der Waals surface area contributed by atoms with Gasteiger partial charge in [0.05, 0.1) is 12.1 Å². The third-order valence-corrected chi connectivity index (χ3v) is 2.75. The smallest absolute Gasteiger partial charge is 0.337 e. The summed E-state index contributed by atoms with van der Waals surface area (Å²) in [6.07, 6.45) is -0.941. The summed E-state index contributed by atoms with van der Waals surface area (Å²) in [7, 11) is 0. The standard InChI is InChI=1S/C14H16N2O5/c1-9(12(17)16-8-14(2,20)13(18)19)21-11-6-4-3-5-10(11)7-15/h3-6,9,20H,8H2,1-2H3,(H,16,17)(H,18,19). The predicted octanol–water partition coefficient (Wildman–Crippen LogP) is 0.277. The summed E-state index contributed by atoms with van der Waals surface area (Å²) in [4.78, 5) is 22.5. The number of carboxylic acid groups (broad SMARTS) is 1. The topological polar surface area (TPSA) is 120 Å². The van der Waals surface area contributed by atoms with Gasteiger partial charge in [-0.3, -0.25) is 4.79 Å². The molecule has 0 saturated heterocycles. The summed E-state index contributed by atoms with van der Waals surface area (Å²) in [6.45, 7) is 2.08. The number of aliphatic hydroxyl groups is 1. The zero-order valence-electron chi connectivity index (χ0n) is 11.7. The van der Waals surface area contributed by atoms with Crippen LogP contribution in [0, 0.1) is 11.3 Å². The van der Waals surface area contributed by atoms with Crippen molar-refractivity contribution in [2.75, 3.05) is 6.54 Å². The van der Waals surface area contributed by atoms with E-state index >= 15 is 0 Å². The number of aliphatic carboxylic acids is 1. The number of benzene rings is 1. The van der Waals surface area contributed by atoms with Crippen LogP contribution in [0.15, 0.2) is 24.3 Å². The van der Waals surface area contributed by atoms with Crippen molar-refractivity contribution in [3.05, 3.63) is 29.8 Å². The number of nitrogens with one attached hydrogen (secondary N) is 1. The molecule has 0 aliphatic carbocycles. The Bertz CT molecular complexity index is 577. The molecule has 1 aromatic carbocycles. The first-order chi connectivity index (χ1) is 9.77. The molecule has 21 heavy (non-hydrogen) atoms. The third kappa shape index (κ3) is 4.47. The predicted molar refractivity (Wildman–Crippen MR) is 72.5 cm³/mol. The van der Waals surface area contributed by atoms with E-state index in [9.17, 15) is 14.7 Å². The first-order valence-corrected chi connectivity index (χ1v) is 6.17. The van der Waals surface area contributed by atoms with E-state index in [1.807, 2.05) is 6.07 Å². The monoisotopic (exact) mass is 292 g/mol. The fourth-order valence-electron chi connectivity index (χ4n) is 1.38. The van der Waals surface area contributed by atoms with Gasteiger partial charge in [0.2, 0.25) is 0 Å². The Morgan fingerprint density at radius 2 is 2.10 bits per heavy atom. The van der Waals surface area contributed by atoms with Crippen molar-refractivity contribution < 1.29 is 24.5 Å². The second-order valence-electron chi connectivity index (χ2n) is 4.66. The zero-order chi connectivity index (χ0) is 16.0. The summed E-state index contributed by atoms with van der Waals surface area (Å²) in [5.74, 6) is -1.77. The number of carboxylic acids is 1. The molecule has 2 unspecified atom stereocenters. The molecule has 0 aliphatic rings. The normalized spacial score (nSPS) is 14.4. The molecule has 0 radical (unpaired) electrons. The van der Waals surface area contributed by atoms with Gasteiger partial charge in [-0.05, 0) is 26.0 Å². The number of para-hydroxylation sites is 1. The van der Waals surface area contributed by atoms with E-state index in [-0.39, 0.29) is 11.3 Å². The molecule has 1 amide bonds. The molecule has 0 aromatic heterocycles. The minimum atomic E-state index is -2.06. The van der Waals surface area contributed by atoms with Gasteiger partial charge in [-0.15, -0.1) is 0 Å². The first kappa shape index (κ1) is 16.5. The molecule has 0 bridgehead atoms. The van der Waals surface area contributed by atoms with E-state index in [0.29, 0.717) is 0 Å². The molecule has 112 valence electrons. The van der Waals surface area contributed by atoms with Crippen molar-refractivity contribution in [2.24, 2.45) is 0 Å². The third-order valence-electron chi connectivity index (χ3n) is 2.75. The average molecular weight is 292 g/mol. The SMILES string of the molecule is CC(Oc1ccccc1C#N)C(=O)NCC(C)(O)C(=O)O. The highest BCUT2D eigenvalue weighted by atomic mass is 16.5. The number of nitrogens with zero attached hydrogens (tertiary/aromatic N) is 1. The largest absolute Gasteiger partial charge is 0.480 e. The van der Waals surface area contributed by atoms with Crippen molar-refractivity contribution in [3.63, 3.8) is 0 Å². The maximum absolute atomic E-state index is 11.8. The molecule has 0 saturated carbocycles. The van der Waals surface area contributed by atoms with E-state index in [4.69, 9.17) is 15.1 Å². The lowest BCUT2D eigenvalue weighted by atomic mass is 10.1. The number of nitriles is 1. The van der Waals surface area contributed by atoms with E-state index in [0.717, 1.165) is 6.92 Å². The highest BCUT2D eigenvalue weighted by Gasteiger charge is 2.31. The second kappa shape index (κ2) is 6.72. The molecule has 0 aliphatic heterocycles. The van der Waals surface area contributed by atoms with Gasteiger partial charge in [-0.2, -0.15) is 5.26 Å². The number of hydrogen-bond acceptors (Lipinski definition) is 5. The lowest BCUT2D eigenvalue weighted by Gasteiger charge is -2.20.